The molecule has 1 aliphatic rings. The molecule has 26 heavy (non-hydrogen) atoms. The topological polar surface area (TPSA) is 70.2 Å². The number of hydrogen-bond acceptors (Lipinski definition) is 3. The van der Waals surface area contributed by atoms with Crippen molar-refractivity contribution in [1.82, 2.24) is 9.29 Å². The molecule has 5 nitrogen and oxygen atoms in total. The van der Waals surface area contributed by atoms with E-state index in [0.29, 0.717) is 25.0 Å². The number of aromatic nitrogens is 1. The summed E-state index contributed by atoms with van der Waals surface area (Å²) in [6.07, 6.45) is 0.717. The molecule has 0 radical (unpaired) electrons. The van der Waals surface area contributed by atoms with Crippen LogP contribution in [-0.2, 0) is 23.0 Å². The molecule has 0 saturated heterocycles. The maximum absolute atomic E-state index is 13.2. The Kier molecular flexibility index (Phi) is 3.97. The number of rotatable bonds is 2. The van der Waals surface area contributed by atoms with Crippen molar-refractivity contribution in [2.24, 2.45) is 0 Å². The van der Waals surface area contributed by atoms with Crippen LogP contribution in [0.25, 0.3) is 10.9 Å². The Labute approximate surface area is 152 Å². The molecule has 6 heteroatoms. The third-order valence-electron chi connectivity index (χ3n) is 5.06. The van der Waals surface area contributed by atoms with Gasteiger partial charge in [-0.25, -0.2) is 8.42 Å². The van der Waals surface area contributed by atoms with E-state index in [0.717, 1.165) is 22.1 Å². The summed E-state index contributed by atoms with van der Waals surface area (Å²) in [6.45, 7) is 4.51. The quantitative estimate of drug-likeness (QED) is 0.756. The van der Waals surface area contributed by atoms with Gasteiger partial charge in [0, 0.05) is 24.5 Å². The number of aromatic amines is 1. The molecule has 0 unspecified atom stereocenters. The molecular formula is C20H20N2O3S. The van der Waals surface area contributed by atoms with E-state index in [-0.39, 0.29) is 10.5 Å². The monoisotopic (exact) mass is 368 g/mol. The lowest BCUT2D eigenvalue weighted by atomic mass is 10.0. The van der Waals surface area contributed by atoms with Gasteiger partial charge in [0.15, 0.2) is 0 Å². The van der Waals surface area contributed by atoms with Crippen LogP contribution in [0, 0.1) is 13.8 Å². The number of fused-ring (bicyclic) bond motifs is 2. The number of H-pyrrole nitrogens is 1. The van der Waals surface area contributed by atoms with Gasteiger partial charge in [0.05, 0.1) is 10.4 Å². The summed E-state index contributed by atoms with van der Waals surface area (Å²) in [4.78, 5) is 14.8. The third-order valence-corrected chi connectivity index (χ3v) is 6.89. The average Bonchev–Trinajstić information content (AvgIpc) is 2.62. The van der Waals surface area contributed by atoms with Gasteiger partial charge in [-0.2, -0.15) is 4.31 Å². The van der Waals surface area contributed by atoms with Crippen LogP contribution < -0.4 is 5.56 Å². The van der Waals surface area contributed by atoms with Gasteiger partial charge in [-0.1, -0.05) is 24.3 Å². The minimum atomic E-state index is -3.60. The Morgan fingerprint density at radius 3 is 2.50 bits per heavy atom. The average molecular weight is 368 g/mol. The van der Waals surface area contributed by atoms with Crippen molar-refractivity contribution < 1.29 is 8.42 Å². The molecule has 0 amide bonds. The molecule has 134 valence electrons. The lowest BCUT2D eigenvalue weighted by molar-refractivity contribution is 0.391. The lowest BCUT2D eigenvalue weighted by Gasteiger charge is -2.28. The first-order valence-electron chi connectivity index (χ1n) is 8.57. The van der Waals surface area contributed by atoms with E-state index in [1.54, 1.807) is 12.1 Å². The highest BCUT2D eigenvalue weighted by atomic mass is 32.2. The second kappa shape index (κ2) is 6.07. The standard InChI is InChI=1S/C20H20N2O3S/c1-13-10-19(23)21-20-14(2)9-17(11-18(13)20)26(24,25)22-8-7-15-5-3-4-6-16(15)12-22/h3-6,9-11H,7-8,12H2,1-2H3,(H,21,23). The molecule has 1 N–H and O–H groups in total. The zero-order chi connectivity index (χ0) is 18.5. The predicted molar refractivity (Wildman–Crippen MR) is 102 cm³/mol. The minimum absolute atomic E-state index is 0.179. The van der Waals surface area contributed by atoms with Crippen LogP contribution in [0.3, 0.4) is 0 Å². The Morgan fingerprint density at radius 1 is 1.00 bits per heavy atom. The van der Waals surface area contributed by atoms with Gasteiger partial charge in [0.1, 0.15) is 0 Å². The van der Waals surface area contributed by atoms with E-state index in [2.05, 4.69) is 11.1 Å². The molecule has 3 aromatic rings. The highest BCUT2D eigenvalue weighted by Crippen LogP contribution is 2.28. The molecule has 0 spiro atoms. The fourth-order valence-corrected chi connectivity index (χ4v) is 5.17. The first kappa shape index (κ1) is 17.0. The first-order valence-corrected chi connectivity index (χ1v) is 10.0. The van der Waals surface area contributed by atoms with Crippen molar-refractivity contribution in [2.75, 3.05) is 6.54 Å². The van der Waals surface area contributed by atoms with E-state index >= 15 is 0 Å². The summed E-state index contributed by atoms with van der Waals surface area (Å²) in [6, 6.07) is 12.8. The second-order valence-corrected chi connectivity index (χ2v) is 8.77. The summed E-state index contributed by atoms with van der Waals surface area (Å²) < 4.78 is 28.0. The summed E-state index contributed by atoms with van der Waals surface area (Å²) in [7, 11) is -3.60. The van der Waals surface area contributed by atoms with Crippen LogP contribution in [0.15, 0.2) is 52.2 Å². The molecule has 0 aliphatic carbocycles. The van der Waals surface area contributed by atoms with Crippen LogP contribution in [-0.4, -0.2) is 24.3 Å². The second-order valence-electron chi connectivity index (χ2n) is 6.84. The largest absolute Gasteiger partial charge is 0.322 e. The fourth-order valence-electron chi connectivity index (χ4n) is 3.64. The molecular weight excluding hydrogens is 348 g/mol. The van der Waals surface area contributed by atoms with Crippen molar-refractivity contribution in [3.63, 3.8) is 0 Å². The van der Waals surface area contributed by atoms with Crippen molar-refractivity contribution in [2.45, 2.75) is 31.7 Å². The van der Waals surface area contributed by atoms with Crippen molar-refractivity contribution in [3.05, 3.63) is 75.1 Å². The van der Waals surface area contributed by atoms with Gasteiger partial charge in [-0.3, -0.25) is 4.79 Å². The first-order chi connectivity index (χ1) is 12.4. The summed E-state index contributed by atoms with van der Waals surface area (Å²) in [5.41, 5.74) is 4.30. The van der Waals surface area contributed by atoms with E-state index in [9.17, 15) is 13.2 Å². The summed E-state index contributed by atoms with van der Waals surface area (Å²) in [5, 5.41) is 0.764. The molecule has 1 aromatic heterocycles. The van der Waals surface area contributed by atoms with Gasteiger partial charge >= 0.3 is 0 Å². The predicted octanol–water partition coefficient (Wildman–Crippen LogP) is 2.89. The Hall–Kier alpha value is -2.44. The van der Waals surface area contributed by atoms with Gasteiger partial charge < -0.3 is 4.98 Å². The zero-order valence-electron chi connectivity index (χ0n) is 14.7. The molecule has 0 fully saturated rings. The highest BCUT2D eigenvalue weighted by Gasteiger charge is 2.28. The van der Waals surface area contributed by atoms with E-state index in [4.69, 9.17) is 0 Å². The van der Waals surface area contributed by atoms with Crippen LogP contribution in [0.5, 0.6) is 0 Å². The molecule has 2 aromatic carbocycles. The molecule has 1 aliphatic heterocycles. The Balaban J connectivity index is 1.81. The minimum Gasteiger partial charge on any atom is -0.322 e. The van der Waals surface area contributed by atoms with Crippen LogP contribution in [0.2, 0.25) is 0 Å². The Morgan fingerprint density at radius 2 is 1.73 bits per heavy atom. The fraction of sp³-hybridized carbons (Fsp3) is 0.250. The van der Waals surface area contributed by atoms with Crippen molar-refractivity contribution in [3.8, 4) is 0 Å². The van der Waals surface area contributed by atoms with Crippen LogP contribution in [0.4, 0.5) is 0 Å². The normalized spacial score (nSPS) is 15.2. The zero-order valence-corrected chi connectivity index (χ0v) is 15.6. The molecule has 4 rings (SSSR count). The third kappa shape index (κ3) is 2.75. The number of sulfonamides is 1. The smallest absolute Gasteiger partial charge is 0.248 e. The maximum Gasteiger partial charge on any atom is 0.248 e. The SMILES string of the molecule is Cc1cc(=O)[nH]c2c(C)cc(S(=O)(=O)N3CCc4ccccc4C3)cc12. The summed E-state index contributed by atoms with van der Waals surface area (Å²) >= 11 is 0. The van der Waals surface area contributed by atoms with Crippen LogP contribution >= 0.6 is 0 Å². The Bertz CT molecular complexity index is 1180. The number of hydrogen-bond donors (Lipinski definition) is 1. The number of nitrogens with one attached hydrogen (secondary N) is 1. The number of aryl methyl sites for hydroxylation is 2. The van der Waals surface area contributed by atoms with Crippen molar-refractivity contribution >= 4 is 20.9 Å². The maximum atomic E-state index is 13.2. The molecule has 0 atom stereocenters. The number of benzene rings is 2. The number of nitrogens with zero attached hydrogens (tertiary/aromatic N) is 1. The van der Waals surface area contributed by atoms with Gasteiger partial charge in [-0.15, -0.1) is 0 Å². The van der Waals surface area contributed by atoms with Crippen LogP contribution in [0.1, 0.15) is 22.3 Å². The van der Waals surface area contributed by atoms with Gasteiger partial charge in [-0.05, 0) is 54.7 Å². The summed E-state index contributed by atoms with van der Waals surface area (Å²) in [5.74, 6) is 0. The van der Waals surface area contributed by atoms with E-state index in [1.807, 2.05) is 32.0 Å². The van der Waals surface area contributed by atoms with Gasteiger partial charge in [0.25, 0.3) is 0 Å². The molecule has 0 bridgehead atoms. The highest BCUT2D eigenvalue weighted by molar-refractivity contribution is 7.89. The van der Waals surface area contributed by atoms with E-state index < -0.39 is 10.0 Å². The lowest BCUT2D eigenvalue weighted by Crippen LogP contribution is -2.36. The van der Waals surface area contributed by atoms with Gasteiger partial charge in [0.2, 0.25) is 15.6 Å². The molecule has 2 heterocycles. The number of pyridine rings is 1. The molecule has 0 saturated carbocycles. The van der Waals surface area contributed by atoms with E-state index in [1.165, 1.54) is 15.9 Å². The van der Waals surface area contributed by atoms with Crippen molar-refractivity contribution in [1.29, 1.82) is 0 Å².